The van der Waals surface area contributed by atoms with Crippen LogP contribution < -0.4 is 5.32 Å². The summed E-state index contributed by atoms with van der Waals surface area (Å²) < 4.78 is 5.19. The average molecular weight is 262 g/mol. The third kappa shape index (κ3) is 2.46. The summed E-state index contributed by atoms with van der Waals surface area (Å²) in [6.45, 7) is 4.81. The summed E-state index contributed by atoms with van der Waals surface area (Å²) in [5.41, 5.74) is -0.197. The van der Waals surface area contributed by atoms with Gasteiger partial charge in [-0.15, -0.1) is 0 Å². The molecule has 3 amide bonds. The van der Waals surface area contributed by atoms with Crippen LogP contribution in [0.4, 0.5) is 4.79 Å². The molecule has 1 aliphatic heterocycles. The Kier molecular flexibility index (Phi) is 3.85. The quantitative estimate of drug-likeness (QED) is 0.646. The van der Waals surface area contributed by atoms with Crippen molar-refractivity contribution < 1.29 is 14.3 Å². The lowest BCUT2D eigenvalue weighted by atomic mass is 9.92. The summed E-state index contributed by atoms with van der Waals surface area (Å²) >= 11 is 0. The Morgan fingerprint density at radius 2 is 1.95 bits per heavy atom. The Hall–Kier alpha value is -1.88. The van der Waals surface area contributed by atoms with Crippen molar-refractivity contribution in [3.63, 3.8) is 0 Å². The predicted molar refractivity (Wildman–Crippen MR) is 70.5 cm³/mol. The Labute approximate surface area is 112 Å². The molecule has 0 radical (unpaired) electrons. The minimum Gasteiger partial charge on any atom is -0.380 e. The van der Waals surface area contributed by atoms with Crippen LogP contribution in [0.25, 0.3) is 0 Å². The van der Waals surface area contributed by atoms with Crippen molar-refractivity contribution >= 4 is 11.9 Å². The lowest BCUT2D eigenvalue weighted by molar-refractivity contribution is -0.131. The van der Waals surface area contributed by atoms with E-state index in [0.29, 0.717) is 13.2 Å². The number of nitrogens with one attached hydrogen (secondary N) is 1. The van der Waals surface area contributed by atoms with E-state index in [4.69, 9.17) is 4.74 Å². The molecule has 0 aliphatic carbocycles. The van der Waals surface area contributed by atoms with Gasteiger partial charge in [0.1, 0.15) is 5.54 Å². The van der Waals surface area contributed by atoms with Gasteiger partial charge >= 0.3 is 6.03 Å². The molecule has 1 fully saturated rings. The zero-order chi connectivity index (χ0) is 13.9. The van der Waals surface area contributed by atoms with Crippen LogP contribution in [0.1, 0.15) is 19.4 Å². The number of urea groups is 1. The molecular formula is C14H18N2O3. The molecule has 1 aromatic carbocycles. The van der Waals surface area contributed by atoms with E-state index in [2.05, 4.69) is 5.32 Å². The third-order valence-electron chi connectivity index (χ3n) is 3.29. The number of carbonyl (C=O) groups excluding carboxylic acids is 2. The SMILES string of the molecule is CCOCCN1C(=O)N[C@@](C)(c2ccccc2)C1=O. The molecule has 0 unspecified atom stereocenters. The van der Waals surface area contributed by atoms with Crippen LogP contribution in [0.3, 0.4) is 0 Å². The molecule has 1 atom stereocenters. The molecule has 0 saturated carbocycles. The topological polar surface area (TPSA) is 58.6 Å². The molecule has 0 aromatic heterocycles. The zero-order valence-electron chi connectivity index (χ0n) is 11.2. The normalized spacial score (nSPS) is 22.7. The highest BCUT2D eigenvalue weighted by atomic mass is 16.5. The van der Waals surface area contributed by atoms with E-state index in [1.54, 1.807) is 6.92 Å². The fourth-order valence-corrected chi connectivity index (χ4v) is 2.17. The average Bonchev–Trinajstić information content (AvgIpc) is 2.64. The number of imide groups is 1. The van der Waals surface area contributed by atoms with Crippen LogP contribution >= 0.6 is 0 Å². The summed E-state index contributed by atoms with van der Waals surface area (Å²) in [5.74, 6) is -0.233. The maximum Gasteiger partial charge on any atom is 0.325 e. The molecule has 0 spiro atoms. The van der Waals surface area contributed by atoms with Gasteiger partial charge in [0.15, 0.2) is 0 Å². The van der Waals surface area contributed by atoms with Gasteiger partial charge in [0.25, 0.3) is 5.91 Å². The van der Waals surface area contributed by atoms with E-state index in [1.807, 2.05) is 37.3 Å². The van der Waals surface area contributed by atoms with Gasteiger partial charge in [-0.3, -0.25) is 9.69 Å². The maximum atomic E-state index is 12.4. The largest absolute Gasteiger partial charge is 0.380 e. The molecule has 1 saturated heterocycles. The van der Waals surface area contributed by atoms with Crippen molar-refractivity contribution in [3.05, 3.63) is 35.9 Å². The van der Waals surface area contributed by atoms with Gasteiger partial charge in [-0.25, -0.2) is 4.79 Å². The van der Waals surface area contributed by atoms with Crippen LogP contribution in [0, 0.1) is 0 Å². The first kappa shape index (κ1) is 13.5. The van der Waals surface area contributed by atoms with Crippen molar-refractivity contribution in [2.24, 2.45) is 0 Å². The van der Waals surface area contributed by atoms with E-state index in [0.717, 1.165) is 5.56 Å². The minimum atomic E-state index is -0.982. The van der Waals surface area contributed by atoms with Crippen molar-refractivity contribution in [1.82, 2.24) is 10.2 Å². The van der Waals surface area contributed by atoms with Gasteiger partial charge in [0.2, 0.25) is 0 Å². The number of rotatable bonds is 5. The molecule has 1 N–H and O–H groups in total. The number of amides is 3. The minimum absolute atomic E-state index is 0.233. The van der Waals surface area contributed by atoms with Gasteiger partial charge < -0.3 is 10.1 Å². The molecular weight excluding hydrogens is 244 g/mol. The predicted octanol–water partition coefficient (Wildman–Crippen LogP) is 1.49. The molecule has 1 aliphatic rings. The first-order valence-corrected chi connectivity index (χ1v) is 6.37. The van der Waals surface area contributed by atoms with Gasteiger partial charge in [-0.2, -0.15) is 0 Å². The van der Waals surface area contributed by atoms with E-state index < -0.39 is 5.54 Å². The molecule has 19 heavy (non-hydrogen) atoms. The summed E-state index contributed by atoms with van der Waals surface area (Å²) in [6, 6.07) is 8.89. The van der Waals surface area contributed by atoms with E-state index in [9.17, 15) is 9.59 Å². The lowest BCUT2D eigenvalue weighted by Gasteiger charge is -2.22. The van der Waals surface area contributed by atoms with Crippen LogP contribution in [0.15, 0.2) is 30.3 Å². The fourth-order valence-electron chi connectivity index (χ4n) is 2.17. The van der Waals surface area contributed by atoms with Gasteiger partial charge in [-0.1, -0.05) is 30.3 Å². The highest BCUT2D eigenvalue weighted by molar-refractivity contribution is 6.07. The van der Waals surface area contributed by atoms with E-state index >= 15 is 0 Å². The molecule has 1 aromatic rings. The van der Waals surface area contributed by atoms with Gasteiger partial charge in [0, 0.05) is 6.61 Å². The molecule has 102 valence electrons. The zero-order valence-corrected chi connectivity index (χ0v) is 11.2. The highest BCUT2D eigenvalue weighted by Gasteiger charge is 2.48. The second-order valence-corrected chi connectivity index (χ2v) is 4.57. The number of ether oxygens (including phenoxy) is 1. The lowest BCUT2D eigenvalue weighted by Crippen LogP contribution is -2.41. The maximum absolute atomic E-state index is 12.4. The summed E-state index contributed by atoms with van der Waals surface area (Å²) in [4.78, 5) is 25.5. The van der Waals surface area contributed by atoms with Gasteiger partial charge in [0.05, 0.1) is 13.2 Å². The molecule has 5 heteroatoms. The Bertz CT molecular complexity index is 475. The van der Waals surface area contributed by atoms with Crippen LogP contribution in [0.2, 0.25) is 0 Å². The first-order chi connectivity index (χ1) is 9.09. The van der Waals surface area contributed by atoms with Crippen LogP contribution in [0.5, 0.6) is 0 Å². The highest BCUT2D eigenvalue weighted by Crippen LogP contribution is 2.28. The van der Waals surface area contributed by atoms with Crippen LogP contribution in [-0.4, -0.2) is 36.6 Å². The van der Waals surface area contributed by atoms with Crippen molar-refractivity contribution in [2.75, 3.05) is 19.8 Å². The standard InChI is InChI=1S/C14H18N2O3/c1-3-19-10-9-16-12(17)14(2,15-13(16)18)11-7-5-4-6-8-11/h4-8H,3,9-10H2,1-2H3,(H,15,18)/t14-/m0/s1. The van der Waals surface area contributed by atoms with E-state index in [-0.39, 0.29) is 18.5 Å². The Morgan fingerprint density at radius 3 is 2.58 bits per heavy atom. The smallest absolute Gasteiger partial charge is 0.325 e. The molecule has 0 bridgehead atoms. The third-order valence-corrected chi connectivity index (χ3v) is 3.29. The van der Waals surface area contributed by atoms with Crippen molar-refractivity contribution in [1.29, 1.82) is 0 Å². The second-order valence-electron chi connectivity index (χ2n) is 4.57. The molecule has 5 nitrogen and oxygen atoms in total. The number of hydrogen-bond acceptors (Lipinski definition) is 3. The van der Waals surface area contributed by atoms with E-state index in [1.165, 1.54) is 4.90 Å². The Balaban J connectivity index is 2.17. The Morgan fingerprint density at radius 1 is 1.26 bits per heavy atom. The number of benzene rings is 1. The summed E-state index contributed by atoms with van der Waals surface area (Å²) in [7, 11) is 0. The monoisotopic (exact) mass is 262 g/mol. The number of hydrogen-bond donors (Lipinski definition) is 1. The van der Waals surface area contributed by atoms with Crippen molar-refractivity contribution in [3.8, 4) is 0 Å². The van der Waals surface area contributed by atoms with Crippen molar-refractivity contribution in [2.45, 2.75) is 19.4 Å². The fraction of sp³-hybridized carbons (Fsp3) is 0.429. The first-order valence-electron chi connectivity index (χ1n) is 6.37. The number of nitrogens with zero attached hydrogens (tertiary/aromatic N) is 1. The molecule has 2 rings (SSSR count). The second kappa shape index (κ2) is 5.40. The summed E-state index contributed by atoms with van der Waals surface area (Å²) in [5, 5.41) is 2.76. The van der Waals surface area contributed by atoms with Crippen LogP contribution in [-0.2, 0) is 15.1 Å². The summed E-state index contributed by atoms with van der Waals surface area (Å²) in [6.07, 6.45) is 0. The molecule has 1 heterocycles. The number of carbonyl (C=O) groups is 2. The van der Waals surface area contributed by atoms with Gasteiger partial charge in [-0.05, 0) is 19.4 Å².